The van der Waals surface area contributed by atoms with Gasteiger partial charge in [-0.1, -0.05) is 5.16 Å². The predicted octanol–water partition coefficient (Wildman–Crippen LogP) is -0.633. The first-order valence-corrected chi connectivity index (χ1v) is 4.50. The van der Waals surface area contributed by atoms with E-state index >= 15 is 0 Å². The number of hydrogen-bond acceptors (Lipinski definition) is 6. The van der Waals surface area contributed by atoms with Gasteiger partial charge in [-0.3, -0.25) is 4.90 Å². The topological polar surface area (TPSA) is 78.0 Å². The van der Waals surface area contributed by atoms with Crippen LogP contribution in [0.5, 0.6) is 0 Å². The molecule has 1 aromatic heterocycles. The number of rotatable bonds is 2. The van der Waals surface area contributed by atoms with Crippen LogP contribution in [0, 0.1) is 11.3 Å². The molecule has 1 atom stereocenters. The van der Waals surface area contributed by atoms with Gasteiger partial charge in [0.05, 0.1) is 12.6 Å². The van der Waals surface area contributed by atoms with Gasteiger partial charge in [0.1, 0.15) is 6.04 Å². The first-order chi connectivity index (χ1) is 6.90. The van der Waals surface area contributed by atoms with Gasteiger partial charge in [-0.15, -0.1) is 0 Å². The number of aromatic nitrogens is 2. The molecule has 0 radical (unpaired) electrons. The number of nitrogens with zero attached hydrogens (tertiary/aromatic N) is 4. The van der Waals surface area contributed by atoms with Crippen molar-refractivity contribution in [2.24, 2.45) is 0 Å². The molecule has 1 saturated heterocycles. The lowest BCUT2D eigenvalue weighted by molar-refractivity contribution is 0.167. The summed E-state index contributed by atoms with van der Waals surface area (Å²) in [7, 11) is 0. The van der Waals surface area contributed by atoms with E-state index in [1.807, 2.05) is 4.90 Å². The summed E-state index contributed by atoms with van der Waals surface area (Å²) >= 11 is 0. The molecule has 1 fully saturated rings. The van der Waals surface area contributed by atoms with Gasteiger partial charge in [0.2, 0.25) is 5.89 Å². The summed E-state index contributed by atoms with van der Waals surface area (Å²) in [5.74, 6) is 0.562. The number of piperazine rings is 1. The molecule has 1 aromatic rings. The third-order valence-corrected chi connectivity index (χ3v) is 2.25. The molecule has 1 N–H and O–H groups in total. The Bertz CT molecular complexity index is 317. The lowest BCUT2D eigenvalue weighted by Gasteiger charge is -2.30. The van der Waals surface area contributed by atoms with E-state index < -0.39 is 0 Å². The number of nitrogens with one attached hydrogen (secondary N) is 1. The Morgan fingerprint density at radius 1 is 1.79 bits per heavy atom. The highest BCUT2D eigenvalue weighted by atomic mass is 16.5. The molecule has 14 heavy (non-hydrogen) atoms. The van der Waals surface area contributed by atoms with Crippen molar-refractivity contribution in [2.45, 2.75) is 12.6 Å². The maximum absolute atomic E-state index is 8.89. The Morgan fingerprint density at radius 3 is 3.43 bits per heavy atom. The van der Waals surface area contributed by atoms with Crippen LogP contribution in [0.2, 0.25) is 0 Å². The van der Waals surface area contributed by atoms with Crippen LogP contribution in [0.3, 0.4) is 0 Å². The zero-order chi connectivity index (χ0) is 9.80. The molecule has 2 rings (SSSR count). The average molecular weight is 193 g/mol. The molecule has 0 aliphatic carbocycles. The maximum Gasteiger partial charge on any atom is 0.240 e. The van der Waals surface area contributed by atoms with E-state index in [2.05, 4.69) is 21.5 Å². The molecule has 74 valence electrons. The zero-order valence-corrected chi connectivity index (χ0v) is 7.68. The predicted molar refractivity (Wildman–Crippen MR) is 47.0 cm³/mol. The molecule has 0 aromatic carbocycles. The molecule has 0 amide bonds. The molecule has 0 spiro atoms. The van der Waals surface area contributed by atoms with Crippen molar-refractivity contribution in [3.8, 4) is 6.07 Å². The van der Waals surface area contributed by atoms with Crippen molar-refractivity contribution in [1.82, 2.24) is 20.4 Å². The van der Waals surface area contributed by atoms with Gasteiger partial charge in [0, 0.05) is 19.6 Å². The van der Waals surface area contributed by atoms with Crippen LogP contribution in [-0.2, 0) is 6.54 Å². The van der Waals surface area contributed by atoms with Crippen LogP contribution in [0.4, 0.5) is 0 Å². The van der Waals surface area contributed by atoms with E-state index in [0.29, 0.717) is 19.0 Å². The van der Waals surface area contributed by atoms with Crippen LogP contribution >= 0.6 is 0 Å². The Kier molecular flexibility index (Phi) is 2.72. The lowest BCUT2D eigenvalue weighted by Crippen LogP contribution is -2.50. The maximum atomic E-state index is 8.89. The minimum atomic E-state index is -0.101. The number of nitriles is 1. The van der Waals surface area contributed by atoms with Crippen molar-refractivity contribution in [2.75, 3.05) is 19.6 Å². The van der Waals surface area contributed by atoms with Gasteiger partial charge in [0.25, 0.3) is 0 Å². The highest BCUT2D eigenvalue weighted by Crippen LogP contribution is 2.06. The van der Waals surface area contributed by atoms with Gasteiger partial charge in [0.15, 0.2) is 6.33 Å². The molecule has 1 aliphatic rings. The molecule has 6 nitrogen and oxygen atoms in total. The summed E-state index contributed by atoms with van der Waals surface area (Å²) in [5, 5.41) is 15.6. The fourth-order valence-corrected chi connectivity index (χ4v) is 1.50. The molecule has 6 heteroatoms. The van der Waals surface area contributed by atoms with E-state index in [0.717, 1.165) is 13.1 Å². The van der Waals surface area contributed by atoms with Crippen LogP contribution in [-0.4, -0.2) is 40.7 Å². The first-order valence-electron chi connectivity index (χ1n) is 4.50. The van der Waals surface area contributed by atoms with Crippen molar-refractivity contribution < 1.29 is 4.52 Å². The van der Waals surface area contributed by atoms with Gasteiger partial charge in [-0.05, 0) is 0 Å². The summed E-state index contributed by atoms with van der Waals surface area (Å²) < 4.78 is 4.90. The molecular formula is C8H11N5O. The summed E-state index contributed by atoms with van der Waals surface area (Å²) in [4.78, 5) is 5.96. The summed E-state index contributed by atoms with van der Waals surface area (Å²) in [6.45, 7) is 2.98. The molecule has 0 bridgehead atoms. The van der Waals surface area contributed by atoms with Gasteiger partial charge in [-0.25, -0.2) is 0 Å². The Morgan fingerprint density at radius 2 is 2.71 bits per heavy atom. The average Bonchev–Trinajstić information content (AvgIpc) is 2.71. The Balaban J connectivity index is 1.99. The van der Waals surface area contributed by atoms with Crippen molar-refractivity contribution in [3.63, 3.8) is 0 Å². The van der Waals surface area contributed by atoms with Crippen LogP contribution in [0.1, 0.15) is 5.89 Å². The van der Waals surface area contributed by atoms with Gasteiger partial charge in [-0.2, -0.15) is 10.2 Å². The minimum Gasteiger partial charge on any atom is -0.338 e. The zero-order valence-electron chi connectivity index (χ0n) is 7.68. The standard InChI is InChI=1S/C8H11N5O/c9-3-7-4-10-1-2-13(7)5-8-11-6-12-14-8/h6-7,10H,1-2,4-5H2. The molecule has 1 unspecified atom stereocenters. The van der Waals surface area contributed by atoms with Gasteiger partial charge >= 0.3 is 0 Å². The molecule has 1 aliphatic heterocycles. The summed E-state index contributed by atoms with van der Waals surface area (Å²) in [5.41, 5.74) is 0. The van der Waals surface area contributed by atoms with E-state index in [1.54, 1.807) is 0 Å². The highest BCUT2D eigenvalue weighted by Gasteiger charge is 2.22. The molecular weight excluding hydrogens is 182 g/mol. The molecule has 2 heterocycles. The lowest BCUT2D eigenvalue weighted by atomic mass is 10.2. The second kappa shape index (κ2) is 4.17. The van der Waals surface area contributed by atoms with E-state index in [-0.39, 0.29) is 6.04 Å². The second-order valence-corrected chi connectivity index (χ2v) is 3.15. The van der Waals surface area contributed by atoms with Crippen molar-refractivity contribution in [3.05, 3.63) is 12.2 Å². The fourth-order valence-electron chi connectivity index (χ4n) is 1.50. The third kappa shape index (κ3) is 1.89. The Hall–Kier alpha value is -1.45. The fraction of sp³-hybridized carbons (Fsp3) is 0.625. The summed E-state index contributed by atoms with van der Waals surface area (Å²) in [6, 6.07) is 2.14. The van der Waals surface area contributed by atoms with Crippen LogP contribution < -0.4 is 5.32 Å². The van der Waals surface area contributed by atoms with Gasteiger partial charge < -0.3 is 9.84 Å². The molecule has 0 saturated carbocycles. The highest BCUT2D eigenvalue weighted by molar-refractivity contribution is 4.97. The second-order valence-electron chi connectivity index (χ2n) is 3.15. The quantitative estimate of drug-likeness (QED) is 0.673. The first kappa shape index (κ1) is 9.12. The summed E-state index contributed by atoms with van der Waals surface area (Å²) in [6.07, 6.45) is 1.37. The van der Waals surface area contributed by atoms with Crippen LogP contribution in [0.15, 0.2) is 10.9 Å². The van der Waals surface area contributed by atoms with E-state index in [4.69, 9.17) is 9.78 Å². The third-order valence-electron chi connectivity index (χ3n) is 2.25. The number of hydrogen-bond donors (Lipinski definition) is 1. The largest absolute Gasteiger partial charge is 0.338 e. The minimum absolute atomic E-state index is 0.101. The SMILES string of the molecule is N#CC1CNCCN1Cc1ncno1. The van der Waals surface area contributed by atoms with Crippen LogP contribution in [0.25, 0.3) is 0 Å². The van der Waals surface area contributed by atoms with Crippen molar-refractivity contribution in [1.29, 1.82) is 5.26 Å². The smallest absolute Gasteiger partial charge is 0.240 e. The monoisotopic (exact) mass is 193 g/mol. The van der Waals surface area contributed by atoms with E-state index in [1.165, 1.54) is 6.33 Å². The Labute approximate surface area is 81.5 Å². The normalized spacial score (nSPS) is 23.2. The van der Waals surface area contributed by atoms with E-state index in [9.17, 15) is 0 Å². The van der Waals surface area contributed by atoms with Crippen molar-refractivity contribution >= 4 is 0 Å².